The molecule has 1 aromatic rings. The van der Waals surface area contributed by atoms with E-state index in [1.165, 1.54) is 22.3 Å². The molecule has 1 atom stereocenters. The van der Waals surface area contributed by atoms with Crippen LogP contribution in [-0.4, -0.2) is 41.6 Å². The van der Waals surface area contributed by atoms with Crippen LogP contribution in [0.5, 0.6) is 0 Å². The van der Waals surface area contributed by atoms with Gasteiger partial charge >= 0.3 is 6.09 Å². The van der Waals surface area contributed by atoms with E-state index in [1.54, 1.807) is 20.8 Å². The highest BCUT2D eigenvalue weighted by Gasteiger charge is 2.37. The highest BCUT2D eigenvalue weighted by atomic mass is 35.5. The number of carbonyl (C=O) groups excluding carboxylic acids is 2. The van der Waals surface area contributed by atoms with Crippen molar-refractivity contribution >= 4 is 29.2 Å². The van der Waals surface area contributed by atoms with Crippen molar-refractivity contribution in [2.45, 2.75) is 65.5 Å². The van der Waals surface area contributed by atoms with Crippen molar-refractivity contribution in [1.29, 1.82) is 0 Å². The van der Waals surface area contributed by atoms with E-state index in [2.05, 4.69) is 25.2 Å². The molecule has 2 aliphatic rings. The zero-order valence-corrected chi connectivity index (χ0v) is 18.7. The van der Waals surface area contributed by atoms with Crippen molar-refractivity contribution in [2.75, 3.05) is 13.1 Å². The van der Waals surface area contributed by atoms with E-state index >= 15 is 0 Å². The van der Waals surface area contributed by atoms with Gasteiger partial charge in [0.2, 0.25) is 5.91 Å². The first-order chi connectivity index (χ1) is 13.5. The quantitative estimate of drug-likeness (QED) is 0.762. The van der Waals surface area contributed by atoms with Crippen molar-refractivity contribution in [1.82, 2.24) is 10.2 Å². The normalized spacial score (nSPS) is 18.6. The molecule has 0 bridgehead atoms. The Bertz CT molecular complexity index is 839. The van der Waals surface area contributed by atoms with Crippen LogP contribution in [0.2, 0.25) is 5.02 Å². The third-order valence-corrected chi connectivity index (χ3v) is 5.58. The van der Waals surface area contributed by atoms with Crippen LogP contribution in [0.15, 0.2) is 23.8 Å². The van der Waals surface area contributed by atoms with Gasteiger partial charge in [-0.05, 0) is 80.4 Å². The predicted octanol–water partition coefficient (Wildman–Crippen LogP) is 4.82. The molecule has 0 radical (unpaired) electrons. The molecule has 0 spiro atoms. The Morgan fingerprint density at radius 2 is 2.03 bits per heavy atom. The summed E-state index contributed by atoms with van der Waals surface area (Å²) >= 11 is 6.20. The fraction of sp³-hybridized carbons (Fsp3) is 0.565. The highest BCUT2D eigenvalue weighted by molar-refractivity contribution is 6.30. The SMILES string of the molecule is CC(C)CC1C2=C(CCN1C(=O)CNC(=O)OC(C)(C)C)c1ccc(Cl)cc1C2. The number of ether oxygens (including phenoxy) is 1. The van der Waals surface area contributed by atoms with Gasteiger partial charge in [-0.3, -0.25) is 4.79 Å². The number of halogens is 1. The summed E-state index contributed by atoms with van der Waals surface area (Å²) in [6.45, 7) is 10.4. The molecule has 0 aromatic heterocycles. The zero-order valence-electron chi connectivity index (χ0n) is 18.0. The van der Waals surface area contributed by atoms with Gasteiger partial charge in [-0.25, -0.2) is 4.79 Å². The molecule has 0 saturated carbocycles. The van der Waals surface area contributed by atoms with Gasteiger partial charge in [-0.1, -0.05) is 31.5 Å². The lowest BCUT2D eigenvalue weighted by atomic mass is 9.87. The number of nitrogens with one attached hydrogen (secondary N) is 1. The molecule has 3 rings (SSSR count). The highest BCUT2D eigenvalue weighted by Crippen LogP contribution is 2.43. The molecule has 29 heavy (non-hydrogen) atoms. The Morgan fingerprint density at radius 1 is 1.31 bits per heavy atom. The topological polar surface area (TPSA) is 58.6 Å². The van der Waals surface area contributed by atoms with E-state index in [0.717, 1.165) is 24.3 Å². The molecule has 1 heterocycles. The molecule has 1 N–H and O–H groups in total. The first-order valence-electron chi connectivity index (χ1n) is 10.3. The number of alkyl carbamates (subject to hydrolysis) is 1. The third-order valence-electron chi connectivity index (χ3n) is 5.34. The van der Waals surface area contributed by atoms with Crippen LogP contribution < -0.4 is 5.32 Å². The third kappa shape index (κ3) is 5.13. The fourth-order valence-corrected chi connectivity index (χ4v) is 4.45. The van der Waals surface area contributed by atoms with E-state index < -0.39 is 11.7 Å². The van der Waals surface area contributed by atoms with Crippen LogP contribution in [0.25, 0.3) is 5.57 Å². The van der Waals surface area contributed by atoms with Gasteiger partial charge in [0.25, 0.3) is 0 Å². The molecule has 1 aliphatic carbocycles. The zero-order chi connectivity index (χ0) is 21.3. The van der Waals surface area contributed by atoms with Crippen LogP contribution in [0.1, 0.15) is 58.6 Å². The summed E-state index contributed by atoms with van der Waals surface area (Å²) in [6, 6.07) is 6.14. The lowest BCUT2D eigenvalue weighted by molar-refractivity contribution is -0.132. The average molecular weight is 419 g/mol. The number of benzene rings is 1. The molecule has 5 nitrogen and oxygen atoms in total. The number of hydrogen-bond acceptors (Lipinski definition) is 3. The van der Waals surface area contributed by atoms with Gasteiger partial charge in [0.1, 0.15) is 12.1 Å². The fourth-order valence-electron chi connectivity index (χ4n) is 4.26. The number of rotatable bonds is 4. The van der Waals surface area contributed by atoms with Crippen LogP contribution in [0.4, 0.5) is 4.79 Å². The molecule has 0 saturated heterocycles. The van der Waals surface area contributed by atoms with E-state index in [0.29, 0.717) is 12.5 Å². The first kappa shape index (κ1) is 21.7. The Hall–Kier alpha value is -2.01. The summed E-state index contributed by atoms with van der Waals surface area (Å²) in [5.74, 6) is 0.385. The molecule has 6 heteroatoms. The largest absolute Gasteiger partial charge is 0.444 e. The monoisotopic (exact) mass is 418 g/mol. The molecule has 1 aliphatic heterocycles. The number of amides is 2. The molecule has 1 unspecified atom stereocenters. The standard InChI is InChI=1S/C23H31ClN2O3/c1-14(2)10-20-19-12-15-11-16(24)6-7-17(15)18(19)8-9-26(20)21(27)13-25-22(28)29-23(3,4)5/h6-7,11,14,20H,8-10,12-13H2,1-5H3,(H,25,28). The lowest BCUT2D eigenvalue weighted by Gasteiger charge is -2.38. The number of carbonyl (C=O) groups is 2. The van der Waals surface area contributed by atoms with Crippen molar-refractivity contribution in [3.63, 3.8) is 0 Å². The van der Waals surface area contributed by atoms with E-state index in [1.807, 2.05) is 17.0 Å². The minimum Gasteiger partial charge on any atom is -0.444 e. The molecular formula is C23H31ClN2O3. The van der Waals surface area contributed by atoms with Crippen LogP contribution in [0, 0.1) is 5.92 Å². The summed E-state index contributed by atoms with van der Waals surface area (Å²) in [4.78, 5) is 26.9. The second kappa shape index (κ2) is 8.39. The minimum atomic E-state index is -0.588. The Kier molecular flexibility index (Phi) is 6.27. The minimum absolute atomic E-state index is 0.0507. The molecule has 1 aromatic carbocycles. The van der Waals surface area contributed by atoms with Crippen LogP contribution in [-0.2, 0) is 16.0 Å². The van der Waals surface area contributed by atoms with Crippen molar-refractivity contribution in [2.24, 2.45) is 5.92 Å². The maximum Gasteiger partial charge on any atom is 0.408 e. The van der Waals surface area contributed by atoms with Crippen molar-refractivity contribution in [3.8, 4) is 0 Å². The molecule has 2 amide bonds. The second-order valence-electron chi connectivity index (χ2n) is 9.32. The van der Waals surface area contributed by atoms with Crippen LogP contribution in [0.3, 0.4) is 0 Å². The van der Waals surface area contributed by atoms with Gasteiger partial charge in [0, 0.05) is 11.6 Å². The van der Waals surface area contributed by atoms with Gasteiger partial charge in [0.05, 0.1) is 6.04 Å². The number of fused-ring (bicyclic) bond motifs is 2. The van der Waals surface area contributed by atoms with E-state index in [9.17, 15) is 9.59 Å². The summed E-state index contributed by atoms with van der Waals surface area (Å²) in [5.41, 5.74) is 4.63. The van der Waals surface area contributed by atoms with E-state index in [-0.39, 0.29) is 18.5 Å². The van der Waals surface area contributed by atoms with Crippen molar-refractivity contribution in [3.05, 3.63) is 39.9 Å². The summed E-state index contributed by atoms with van der Waals surface area (Å²) in [7, 11) is 0. The predicted molar refractivity (Wildman–Crippen MR) is 116 cm³/mol. The number of nitrogens with zero attached hydrogens (tertiary/aromatic N) is 1. The van der Waals surface area contributed by atoms with Gasteiger partial charge < -0.3 is 15.0 Å². The number of hydrogen-bond donors (Lipinski definition) is 1. The van der Waals surface area contributed by atoms with Gasteiger partial charge in [-0.2, -0.15) is 0 Å². The molecule has 0 fully saturated rings. The Balaban J connectivity index is 1.75. The summed E-state index contributed by atoms with van der Waals surface area (Å²) in [6.07, 6.45) is 2.01. The molecule has 158 valence electrons. The Labute approximate surface area is 178 Å². The van der Waals surface area contributed by atoms with E-state index in [4.69, 9.17) is 16.3 Å². The van der Waals surface area contributed by atoms with Gasteiger partial charge in [-0.15, -0.1) is 0 Å². The van der Waals surface area contributed by atoms with Gasteiger partial charge in [0.15, 0.2) is 0 Å². The average Bonchev–Trinajstić information content (AvgIpc) is 2.96. The second-order valence-corrected chi connectivity index (χ2v) is 9.76. The first-order valence-corrected chi connectivity index (χ1v) is 10.7. The maximum absolute atomic E-state index is 13.0. The maximum atomic E-state index is 13.0. The Morgan fingerprint density at radius 3 is 2.69 bits per heavy atom. The summed E-state index contributed by atoms with van der Waals surface area (Å²) < 4.78 is 5.25. The van der Waals surface area contributed by atoms with Crippen molar-refractivity contribution < 1.29 is 14.3 Å². The van der Waals surface area contributed by atoms with Crippen LogP contribution >= 0.6 is 11.6 Å². The molecular weight excluding hydrogens is 388 g/mol. The smallest absolute Gasteiger partial charge is 0.408 e. The lowest BCUT2D eigenvalue weighted by Crippen LogP contribution is -2.49. The summed E-state index contributed by atoms with van der Waals surface area (Å²) in [5, 5.41) is 3.36.